The predicted octanol–water partition coefficient (Wildman–Crippen LogP) is 4.29. The molecule has 5 nitrogen and oxygen atoms in total. The van der Waals surface area contributed by atoms with Gasteiger partial charge in [0.25, 0.3) is 0 Å². The van der Waals surface area contributed by atoms with Crippen molar-refractivity contribution in [1.82, 2.24) is 14.7 Å². The number of ether oxygens (including phenoxy) is 1. The Morgan fingerprint density at radius 3 is 2.70 bits per heavy atom. The first kappa shape index (κ1) is 18.2. The van der Waals surface area contributed by atoms with Crippen LogP contribution in [0.15, 0.2) is 24.3 Å². The normalized spacial score (nSPS) is 20.4. The zero-order valence-corrected chi connectivity index (χ0v) is 15.2. The number of fused-ring (bicyclic) bond motifs is 1. The average Bonchev–Trinajstić information content (AvgIpc) is 3.24. The minimum atomic E-state index is -4.69. The number of hydrogen-bond donors (Lipinski definition) is 1. The smallest absolute Gasteiger partial charge is 0.406 e. The lowest BCUT2D eigenvalue weighted by atomic mass is 9.96. The van der Waals surface area contributed by atoms with Crippen LogP contribution in [-0.4, -0.2) is 40.7 Å². The first-order valence-electron chi connectivity index (χ1n) is 9.42. The highest BCUT2D eigenvalue weighted by molar-refractivity contribution is 5.58. The quantitative estimate of drug-likeness (QED) is 0.860. The third-order valence-corrected chi connectivity index (χ3v) is 5.33. The van der Waals surface area contributed by atoms with Crippen molar-refractivity contribution in [1.29, 1.82) is 0 Å². The molecule has 27 heavy (non-hydrogen) atoms. The van der Waals surface area contributed by atoms with Crippen LogP contribution in [0, 0.1) is 0 Å². The average molecular weight is 380 g/mol. The summed E-state index contributed by atoms with van der Waals surface area (Å²) >= 11 is 0. The van der Waals surface area contributed by atoms with Gasteiger partial charge in [-0.2, -0.15) is 5.10 Å². The zero-order valence-electron chi connectivity index (χ0n) is 15.2. The van der Waals surface area contributed by atoms with Crippen molar-refractivity contribution >= 4 is 5.82 Å². The SMILES string of the molecule is CCN1CCCCC1c1nn(-c2ccc(OC(F)(F)F)cc2)c2c1CCN2. The third kappa shape index (κ3) is 3.63. The highest BCUT2D eigenvalue weighted by Crippen LogP contribution is 2.38. The number of anilines is 1. The molecule has 0 spiro atoms. The maximum Gasteiger partial charge on any atom is 0.573 e. The van der Waals surface area contributed by atoms with Gasteiger partial charge in [0, 0.05) is 12.1 Å². The predicted molar refractivity (Wildman–Crippen MR) is 96.3 cm³/mol. The molecule has 1 unspecified atom stereocenters. The Morgan fingerprint density at radius 2 is 2.00 bits per heavy atom. The molecule has 1 N–H and O–H groups in total. The molecule has 1 saturated heterocycles. The van der Waals surface area contributed by atoms with Crippen LogP contribution in [0.4, 0.5) is 19.0 Å². The van der Waals surface area contributed by atoms with Gasteiger partial charge in [-0.05, 0) is 56.6 Å². The van der Waals surface area contributed by atoms with E-state index in [4.69, 9.17) is 5.10 Å². The van der Waals surface area contributed by atoms with E-state index in [1.54, 1.807) is 12.1 Å². The highest BCUT2D eigenvalue weighted by Gasteiger charge is 2.33. The van der Waals surface area contributed by atoms with Gasteiger partial charge < -0.3 is 10.1 Å². The Bertz CT molecular complexity index is 801. The topological polar surface area (TPSA) is 42.3 Å². The molecule has 1 aromatic heterocycles. The fourth-order valence-corrected chi connectivity index (χ4v) is 4.12. The Balaban J connectivity index is 1.66. The van der Waals surface area contributed by atoms with Crippen LogP contribution < -0.4 is 10.1 Å². The van der Waals surface area contributed by atoms with E-state index >= 15 is 0 Å². The van der Waals surface area contributed by atoms with Crippen LogP contribution in [0.1, 0.15) is 43.5 Å². The number of rotatable bonds is 4. The molecule has 2 aromatic rings. The minimum absolute atomic E-state index is 0.229. The molecule has 2 aliphatic heterocycles. The van der Waals surface area contributed by atoms with Crippen LogP contribution >= 0.6 is 0 Å². The van der Waals surface area contributed by atoms with E-state index in [0.29, 0.717) is 6.04 Å². The van der Waals surface area contributed by atoms with Crippen molar-refractivity contribution in [3.05, 3.63) is 35.5 Å². The first-order valence-corrected chi connectivity index (χ1v) is 9.42. The van der Waals surface area contributed by atoms with E-state index in [2.05, 4.69) is 21.9 Å². The molecule has 4 rings (SSSR count). The molecule has 0 aliphatic carbocycles. The van der Waals surface area contributed by atoms with Gasteiger partial charge in [0.15, 0.2) is 0 Å². The Kier molecular flexibility index (Phi) is 4.75. The summed E-state index contributed by atoms with van der Waals surface area (Å²) in [5, 5.41) is 8.26. The second kappa shape index (κ2) is 7.07. The van der Waals surface area contributed by atoms with Gasteiger partial charge in [0.05, 0.1) is 17.4 Å². The molecular formula is C19H23F3N4O. The maximum absolute atomic E-state index is 12.4. The molecule has 0 bridgehead atoms. The van der Waals surface area contributed by atoms with Crippen LogP contribution in [0.3, 0.4) is 0 Å². The first-order chi connectivity index (χ1) is 13.0. The number of alkyl halides is 3. The highest BCUT2D eigenvalue weighted by atomic mass is 19.4. The monoisotopic (exact) mass is 380 g/mol. The number of benzene rings is 1. The summed E-state index contributed by atoms with van der Waals surface area (Å²) in [6, 6.07) is 6.17. The number of hydrogen-bond acceptors (Lipinski definition) is 4. The van der Waals surface area contributed by atoms with Crippen molar-refractivity contribution in [2.24, 2.45) is 0 Å². The zero-order chi connectivity index (χ0) is 19.0. The number of halogens is 3. The van der Waals surface area contributed by atoms with Gasteiger partial charge >= 0.3 is 6.36 Å². The van der Waals surface area contributed by atoms with Crippen molar-refractivity contribution in [2.75, 3.05) is 25.0 Å². The van der Waals surface area contributed by atoms with Gasteiger partial charge in [-0.15, -0.1) is 13.2 Å². The number of nitrogens with one attached hydrogen (secondary N) is 1. The number of piperidine rings is 1. The van der Waals surface area contributed by atoms with Gasteiger partial charge in [-0.25, -0.2) is 4.68 Å². The van der Waals surface area contributed by atoms with Crippen molar-refractivity contribution in [3.63, 3.8) is 0 Å². The minimum Gasteiger partial charge on any atom is -0.406 e. The van der Waals surface area contributed by atoms with Gasteiger partial charge in [0.2, 0.25) is 0 Å². The molecule has 0 radical (unpaired) electrons. The molecule has 0 amide bonds. The standard InChI is InChI=1S/C19H23F3N4O/c1-2-25-12-4-3-5-16(25)17-15-10-11-23-18(15)26(24-17)13-6-8-14(9-7-13)27-19(20,21)22/h6-9,16,23H,2-5,10-12H2,1H3. The van der Waals surface area contributed by atoms with Gasteiger partial charge in [-0.3, -0.25) is 4.90 Å². The summed E-state index contributed by atoms with van der Waals surface area (Å²) in [6.07, 6.45) is -0.261. The van der Waals surface area contributed by atoms with Crippen LogP contribution in [0.25, 0.3) is 5.69 Å². The van der Waals surface area contributed by atoms with Gasteiger partial charge in [0.1, 0.15) is 11.6 Å². The molecule has 3 heterocycles. The van der Waals surface area contributed by atoms with Crippen LogP contribution in [0.5, 0.6) is 5.75 Å². The summed E-state index contributed by atoms with van der Waals surface area (Å²) in [6.45, 7) is 5.10. The Hall–Kier alpha value is -2.22. The number of aromatic nitrogens is 2. The molecule has 2 aliphatic rings. The molecule has 0 saturated carbocycles. The number of nitrogens with zero attached hydrogens (tertiary/aromatic N) is 3. The van der Waals surface area contributed by atoms with Crippen molar-refractivity contribution in [3.8, 4) is 11.4 Å². The summed E-state index contributed by atoms with van der Waals surface area (Å²) in [5.74, 6) is 0.726. The Labute approximate surface area is 156 Å². The molecule has 1 atom stereocenters. The molecule has 8 heteroatoms. The van der Waals surface area contributed by atoms with E-state index in [0.717, 1.165) is 49.7 Å². The summed E-state index contributed by atoms with van der Waals surface area (Å²) in [7, 11) is 0. The van der Waals surface area contributed by atoms with E-state index in [1.807, 2.05) is 4.68 Å². The second-order valence-electron chi connectivity index (χ2n) is 6.98. The van der Waals surface area contributed by atoms with E-state index in [-0.39, 0.29) is 5.75 Å². The van der Waals surface area contributed by atoms with Crippen LogP contribution in [-0.2, 0) is 6.42 Å². The van der Waals surface area contributed by atoms with Crippen molar-refractivity contribution < 1.29 is 17.9 Å². The van der Waals surface area contributed by atoms with Gasteiger partial charge in [-0.1, -0.05) is 13.3 Å². The van der Waals surface area contributed by atoms with E-state index in [1.165, 1.54) is 30.5 Å². The molecular weight excluding hydrogens is 357 g/mol. The lowest BCUT2D eigenvalue weighted by Crippen LogP contribution is -2.33. The molecule has 1 aromatic carbocycles. The third-order valence-electron chi connectivity index (χ3n) is 5.33. The summed E-state index contributed by atoms with van der Waals surface area (Å²) < 4.78 is 42.9. The summed E-state index contributed by atoms with van der Waals surface area (Å²) in [5.41, 5.74) is 3.06. The lowest BCUT2D eigenvalue weighted by Gasteiger charge is -2.34. The van der Waals surface area contributed by atoms with E-state index in [9.17, 15) is 13.2 Å². The molecule has 146 valence electrons. The van der Waals surface area contributed by atoms with E-state index < -0.39 is 6.36 Å². The Morgan fingerprint density at radius 1 is 1.22 bits per heavy atom. The second-order valence-corrected chi connectivity index (χ2v) is 6.98. The lowest BCUT2D eigenvalue weighted by molar-refractivity contribution is -0.274. The number of likely N-dealkylation sites (tertiary alicyclic amines) is 1. The fraction of sp³-hybridized carbons (Fsp3) is 0.526. The summed E-state index contributed by atoms with van der Waals surface area (Å²) in [4.78, 5) is 2.47. The fourth-order valence-electron chi connectivity index (χ4n) is 4.12. The van der Waals surface area contributed by atoms with Crippen molar-refractivity contribution in [2.45, 2.75) is 45.0 Å². The maximum atomic E-state index is 12.4. The van der Waals surface area contributed by atoms with Crippen LogP contribution in [0.2, 0.25) is 0 Å². The largest absolute Gasteiger partial charge is 0.573 e. The molecule has 1 fully saturated rings.